The van der Waals surface area contributed by atoms with Crippen molar-refractivity contribution in [3.63, 3.8) is 0 Å². The summed E-state index contributed by atoms with van der Waals surface area (Å²) in [6.07, 6.45) is 7.37. The molecular weight excluding hydrogens is 431 g/mol. The van der Waals surface area contributed by atoms with Crippen molar-refractivity contribution in [1.29, 1.82) is 0 Å². The molecule has 0 radical (unpaired) electrons. The van der Waals surface area contributed by atoms with Crippen LogP contribution in [0.4, 0.5) is 0 Å². The van der Waals surface area contributed by atoms with Crippen molar-refractivity contribution >= 4 is 12.4 Å². The number of aromatic nitrogens is 4. The van der Waals surface area contributed by atoms with E-state index in [1.807, 2.05) is 58.2 Å². The Labute approximate surface area is 125 Å². The second kappa shape index (κ2) is 6.52. The van der Waals surface area contributed by atoms with E-state index in [4.69, 9.17) is 0 Å². The molecule has 18 heavy (non-hydrogen) atoms. The van der Waals surface area contributed by atoms with Crippen LogP contribution < -0.4 is 0 Å². The van der Waals surface area contributed by atoms with E-state index in [0.717, 1.165) is 11.4 Å². The summed E-state index contributed by atoms with van der Waals surface area (Å²) in [6, 6.07) is 11.8. The fourth-order valence-electron chi connectivity index (χ4n) is 1.67. The summed E-state index contributed by atoms with van der Waals surface area (Å²) >= 11 is 0. The van der Waals surface area contributed by atoms with Gasteiger partial charge in [0.1, 0.15) is 0 Å². The predicted molar refractivity (Wildman–Crippen MR) is 67.9 cm³/mol. The van der Waals surface area contributed by atoms with Crippen LogP contribution in [0.5, 0.6) is 0 Å². The van der Waals surface area contributed by atoms with Gasteiger partial charge >= 0.3 is 0 Å². The fourth-order valence-corrected chi connectivity index (χ4v) is 1.67. The molecule has 0 fully saturated rings. The summed E-state index contributed by atoms with van der Waals surface area (Å²) in [5, 5.41) is 8.47. The van der Waals surface area contributed by atoms with Gasteiger partial charge in [-0.05, 0) is 24.3 Å². The minimum absolute atomic E-state index is 0. The second-order valence-electron chi connectivity index (χ2n) is 3.39. The van der Waals surface area contributed by atoms with E-state index in [-0.39, 0.29) is 33.5 Å². The summed E-state index contributed by atoms with van der Waals surface area (Å²) in [4.78, 5) is 0. The average molecular weight is 442 g/mol. The molecule has 2 heterocycles. The Hall–Kier alpha value is -1.38. The Morgan fingerprint density at radius 1 is 0.722 bits per heavy atom. The molecule has 0 bridgehead atoms. The normalized spacial score (nSPS) is 9.33. The Morgan fingerprint density at radius 3 is 1.50 bits per heavy atom. The van der Waals surface area contributed by atoms with Gasteiger partial charge in [-0.15, -0.1) is 12.4 Å². The maximum atomic E-state index is 4.23. The fraction of sp³-hybridized carbons (Fsp3) is 0. The minimum Gasteiger partial charge on any atom is -0.239 e. The third-order valence-corrected chi connectivity index (χ3v) is 2.38. The number of benzene rings is 1. The Morgan fingerprint density at radius 2 is 1.17 bits per heavy atom. The van der Waals surface area contributed by atoms with Crippen molar-refractivity contribution in [2.75, 3.05) is 0 Å². The Bertz CT molecular complexity index is 525. The van der Waals surface area contributed by atoms with Crippen molar-refractivity contribution < 1.29 is 21.1 Å². The molecule has 3 rings (SSSR count). The van der Waals surface area contributed by atoms with Crippen molar-refractivity contribution in [2.45, 2.75) is 0 Å². The third kappa shape index (κ3) is 2.71. The van der Waals surface area contributed by atoms with E-state index in [0.29, 0.717) is 0 Å². The number of hydrogen-bond donors (Lipinski definition) is 0. The van der Waals surface area contributed by atoms with E-state index in [1.54, 1.807) is 12.4 Å². The molecule has 0 aliphatic carbocycles. The van der Waals surface area contributed by atoms with E-state index < -0.39 is 0 Å². The van der Waals surface area contributed by atoms with Gasteiger partial charge in [-0.1, -0.05) is 12.1 Å². The zero-order valence-electron chi connectivity index (χ0n) is 9.29. The number of nitrogens with zero attached hydrogens (tertiary/aromatic N) is 4. The molecule has 96 valence electrons. The molecular formula is C12H11ClN4Pt. The monoisotopic (exact) mass is 441 g/mol. The van der Waals surface area contributed by atoms with Gasteiger partial charge in [0.25, 0.3) is 0 Å². The van der Waals surface area contributed by atoms with Crippen LogP contribution in [0.1, 0.15) is 0 Å². The van der Waals surface area contributed by atoms with Gasteiger partial charge in [0.2, 0.25) is 0 Å². The first kappa shape index (κ1) is 14.7. The van der Waals surface area contributed by atoms with E-state index in [2.05, 4.69) is 10.2 Å². The molecule has 4 nitrogen and oxygen atoms in total. The summed E-state index contributed by atoms with van der Waals surface area (Å²) in [5.74, 6) is 0. The van der Waals surface area contributed by atoms with E-state index in [9.17, 15) is 0 Å². The number of halogens is 1. The molecule has 0 saturated heterocycles. The molecule has 0 unspecified atom stereocenters. The van der Waals surface area contributed by atoms with Gasteiger partial charge in [0.15, 0.2) is 0 Å². The molecule has 3 aromatic rings. The molecule has 2 aromatic heterocycles. The topological polar surface area (TPSA) is 35.6 Å². The number of rotatable bonds is 2. The van der Waals surface area contributed by atoms with Gasteiger partial charge in [-0.25, -0.2) is 9.36 Å². The Balaban J connectivity index is 0.000000810. The number of para-hydroxylation sites is 2. The zero-order chi connectivity index (χ0) is 10.8. The first-order valence-electron chi connectivity index (χ1n) is 5.04. The maximum Gasteiger partial charge on any atom is 0.0902 e. The third-order valence-electron chi connectivity index (χ3n) is 2.38. The van der Waals surface area contributed by atoms with E-state index in [1.165, 1.54) is 0 Å². The van der Waals surface area contributed by atoms with Crippen LogP contribution in [-0.4, -0.2) is 19.6 Å². The number of hydrogen-bond acceptors (Lipinski definition) is 2. The molecule has 0 spiro atoms. The quantitative estimate of drug-likeness (QED) is 0.612. The molecule has 0 atom stereocenters. The van der Waals surface area contributed by atoms with Crippen LogP contribution in [0.15, 0.2) is 61.2 Å². The zero-order valence-corrected chi connectivity index (χ0v) is 12.4. The van der Waals surface area contributed by atoms with Gasteiger partial charge in [0, 0.05) is 45.9 Å². The van der Waals surface area contributed by atoms with Crippen molar-refractivity contribution in [3.8, 4) is 11.4 Å². The predicted octanol–water partition coefficient (Wildman–Crippen LogP) is 2.48. The van der Waals surface area contributed by atoms with Gasteiger partial charge in [0.05, 0.1) is 11.4 Å². The molecule has 0 aliphatic heterocycles. The minimum atomic E-state index is 0. The summed E-state index contributed by atoms with van der Waals surface area (Å²) in [7, 11) is 0. The summed E-state index contributed by atoms with van der Waals surface area (Å²) < 4.78 is 3.66. The second-order valence-corrected chi connectivity index (χ2v) is 3.39. The van der Waals surface area contributed by atoms with Crippen molar-refractivity contribution in [1.82, 2.24) is 19.6 Å². The SMILES string of the molecule is Cl.[Pt].c1ccc(-n2cccn2)c(-n2cccn2)c1. The van der Waals surface area contributed by atoms with Crippen LogP contribution in [0.2, 0.25) is 0 Å². The van der Waals surface area contributed by atoms with Crippen LogP contribution in [0, 0.1) is 0 Å². The van der Waals surface area contributed by atoms with Gasteiger partial charge < -0.3 is 0 Å². The maximum absolute atomic E-state index is 4.23. The molecule has 0 N–H and O–H groups in total. The largest absolute Gasteiger partial charge is 0.239 e. The van der Waals surface area contributed by atoms with Crippen molar-refractivity contribution in [2.24, 2.45) is 0 Å². The van der Waals surface area contributed by atoms with Gasteiger partial charge in [-0.3, -0.25) is 0 Å². The standard InChI is InChI=1S/C12H10N4.ClH.Pt/c1-2-6-12(16-10-4-8-14-16)11(5-1)15-9-3-7-13-15;;/h1-10H;1H;. The molecule has 0 aliphatic rings. The average Bonchev–Trinajstić information content (AvgIpc) is 3.03. The summed E-state index contributed by atoms with van der Waals surface area (Å²) in [6.45, 7) is 0. The molecule has 1 aromatic carbocycles. The summed E-state index contributed by atoms with van der Waals surface area (Å²) in [5.41, 5.74) is 2.02. The first-order valence-corrected chi connectivity index (χ1v) is 5.04. The van der Waals surface area contributed by atoms with Crippen LogP contribution in [0.25, 0.3) is 11.4 Å². The molecule has 0 amide bonds. The molecule has 6 heteroatoms. The van der Waals surface area contributed by atoms with Crippen molar-refractivity contribution in [3.05, 3.63) is 61.2 Å². The van der Waals surface area contributed by atoms with E-state index >= 15 is 0 Å². The molecule has 0 saturated carbocycles. The first-order chi connectivity index (χ1) is 7.95. The van der Waals surface area contributed by atoms with Gasteiger partial charge in [-0.2, -0.15) is 10.2 Å². The van der Waals surface area contributed by atoms with Crippen LogP contribution in [-0.2, 0) is 21.1 Å². The van der Waals surface area contributed by atoms with Crippen LogP contribution >= 0.6 is 12.4 Å². The smallest absolute Gasteiger partial charge is 0.0902 e. The Kier molecular flexibility index (Phi) is 5.32. The van der Waals surface area contributed by atoms with Crippen LogP contribution in [0.3, 0.4) is 0 Å².